The molecular formula is C16H15FNO3. The molecule has 0 heterocycles. The third kappa shape index (κ3) is 3.13. The monoisotopic (exact) mass is 288 g/mol. The van der Waals surface area contributed by atoms with Gasteiger partial charge in [0, 0.05) is 5.56 Å². The SMILES string of the molecule is [CH2]C(NC(=O)c1cccc(O)c1F)c1ccccc1OC. The van der Waals surface area contributed by atoms with Gasteiger partial charge >= 0.3 is 0 Å². The molecule has 5 heteroatoms. The Bertz CT molecular complexity index is 658. The van der Waals surface area contributed by atoms with Gasteiger partial charge in [0.15, 0.2) is 11.6 Å². The molecule has 0 fully saturated rings. The summed E-state index contributed by atoms with van der Waals surface area (Å²) in [5, 5.41) is 11.9. The molecule has 1 amide bonds. The van der Waals surface area contributed by atoms with E-state index in [4.69, 9.17) is 4.74 Å². The number of rotatable bonds is 4. The molecule has 109 valence electrons. The number of amides is 1. The van der Waals surface area contributed by atoms with Crippen molar-refractivity contribution in [1.29, 1.82) is 0 Å². The van der Waals surface area contributed by atoms with Crippen LogP contribution >= 0.6 is 0 Å². The zero-order chi connectivity index (χ0) is 15.4. The predicted octanol–water partition coefficient (Wildman–Crippen LogP) is 2.85. The van der Waals surface area contributed by atoms with Crippen LogP contribution in [0, 0.1) is 12.7 Å². The first-order valence-corrected chi connectivity index (χ1v) is 6.29. The third-order valence-electron chi connectivity index (χ3n) is 3.04. The molecule has 0 aromatic heterocycles. The maximum absolute atomic E-state index is 13.7. The highest BCUT2D eigenvalue weighted by Crippen LogP contribution is 2.25. The average molecular weight is 288 g/mol. The van der Waals surface area contributed by atoms with E-state index in [1.165, 1.54) is 25.3 Å². The molecule has 4 nitrogen and oxygen atoms in total. The van der Waals surface area contributed by atoms with Crippen molar-refractivity contribution in [3.05, 3.63) is 66.3 Å². The lowest BCUT2D eigenvalue weighted by Crippen LogP contribution is -2.27. The Balaban J connectivity index is 2.21. The molecule has 0 saturated heterocycles. The van der Waals surface area contributed by atoms with Gasteiger partial charge in [0.05, 0.1) is 18.7 Å². The summed E-state index contributed by atoms with van der Waals surface area (Å²) >= 11 is 0. The van der Waals surface area contributed by atoms with Crippen LogP contribution in [0.5, 0.6) is 11.5 Å². The average Bonchev–Trinajstić information content (AvgIpc) is 2.49. The van der Waals surface area contributed by atoms with Crippen molar-refractivity contribution >= 4 is 5.91 Å². The van der Waals surface area contributed by atoms with Crippen molar-refractivity contribution in [3.8, 4) is 11.5 Å². The fourth-order valence-electron chi connectivity index (χ4n) is 1.96. The first-order valence-electron chi connectivity index (χ1n) is 6.29. The Kier molecular flexibility index (Phi) is 4.42. The molecular weight excluding hydrogens is 273 g/mol. The number of phenolic OH excluding ortho intramolecular Hbond substituents is 1. The minimum Gasteiger partial charge on any atom is -0.505 e. The quantitative estimate of drug-likeness (QED) is 0.909. The van der Waals surface area contributed by atoms with E-state index in [0.717, 1.165) is 0 Å². The normalized spacial score (nSPS) is 11.8. The first-order chi connectivity index (χ1) is 10.0. The molecule has 1 unspecified atom stereocenters. The van der Waals surface area contributed by atoms with Crippen LogP contribution in [0.3, 0.4) is 0 Å². The van der Waals surface area contributed by atoms with Crippen molar-refractivity contribution in [2.24, 2.45) is 0 Å². The second-order valence-electron chi connectivity index (χ2n) is 4.41. The summed E-state index contributed by atoms with van der Waals surface area (Å²) in [6.45, 7) is 3.84. The minimum absolute atomic E-state index is 0.237. The van der Waals surface area contributed by atoms with Gasteiger partial charge in [0.1, 0.15) is 5.75 Å². The fourth-order valence-corrected chi connectivity index (χ4v) is 1.96. The van der Waals surface area contributed by atoms with E-state index in [2.05, 4.69) is 12.2 Å². The van der Waals surface area contributed by atoms with Gasteiger partial charge in [0.25, 0.3) is 5.91 Å². The number of hydrogen-bond acceptors (Lipinski definition) is 3. The van der Waals surface area contributed by atoms with Crippen molar-refractivity contribution in [2.75, 3.05) is 7.11 Å². The van der Waals surface area contributed by atoms with E-state index in [-0.39, 0.29) is 5.56 Å². The van der Waals surface area contributed by atoms with Gasteiger partial charge in [-0.3, -0.25) is 4.79 Å². The molecule has 2 aromatic rings. The van der Waals surface area contributed by atoms with Gasteiger partial charge in [-0.05, 0) is 25.1 Å². The number of halogens is 1. The Labute approximate surface area is 122 Å². The van der Waals surface area contributed by atoms with Crippen molar-refractivity contribution in [3.63, 3.8) is 0 Å². The number of para-hydroxylation sites is 1. The summed E-state index contributed by atoms with van der Waals surface area (Å²) in [6.07, 6.45) is 0. The molecule has 1 radical (unpaired) electrons. The molecule has 0 aliphatic heterocycles. The van der Waals surface area contributed by atoms with Gasteiger partial charge in [0.2, 0.25) is 0 Å². The number of methoxy groups -OCH3 is 1. The number of aromatic hydroxyl groups is 1. The largest absolute Gasteiger partial charge is 0.505 e. The van der Waals surface area contributed by atoms with Crippen molar-refractivity contribution < 1.29 is 19.0 Å². The summed E-state index contributed by atoms with van der Waals surface area (Å²) in [4.78, 5) is 12.1. The highest BCUT2D eigenvalue weighted by molar-refractivity contribution is 5.95. The molecule has 0 aliphatic carbocycles. The maximum Gasteiger partial charge on any atom is 0.254 e. The summed E-state index contributed by atoms with van der Waals surface area (Å²) in [5.74, 6) is -1.61. The smallest absolute Gasteiger partial charge is 0.254 e. The van der Waals surface area contributed by atoms with Gasteiger partial charge < -0.3 is 15.2 Å². The van der Waals surface area contributed by atoms with Crippen molar-refractivity contribution in [1.82, 2.24) is 5.32 Å². The van der Waals surface area contributed by atoms with E-state index in [9.17, 15) is 14.3 Å². The molecule has 0 bridgehead atoms. The van der Waals surface area contributed by atoms with Gasteiger partial charge in [-0.25, -0.2) is 4.39 Å². The Morgan fingerprint density at radius 2 is 2.00 bits per heavy atom. The van der Waals surface area contributed by atoms with Crippen LogP contribution in [0.2, 0.25) is 0 Å². The Hall–Kier alpha value is -2.56. The zero-order valence-corrected chi connectivity index (χ0v) is 11.5. The van der Waals surface area contributed by atoms with E-state index >= 15 is 0 Å². The van der Waals surface area contributed by atoms with Gasteiger partial charge in [-0.2, -0.15) is 0 Å². The van der Waals surface area contributed by atoms with Gasteiger partial charge in [-0.1, -0.05) is 24.3 Å². The molecule has 0 saturated carbocycles. The summed E-state index contributed by atoms with van der Waals surface area (Å²) in [5.41, 5.74) is 0.437. The number of carbonyl (C=O) groups is 1. The lowest BCUT2D eigenvalue weighted by molar-refractivity contribution is 0.0938. The van der Waals surface area contributed by atoms with Crippen LogP contribution in [-0.4, -0.2) is 18.1 Å². The molecule has 0 spiro atoms. The van der Waals surface area contributed by atoms with E-state index < -0.39 is 23.5 Å². The summed E-state index contributed by atoms with van der Waals surface area (Å²) in [6, 6.07) is 10.3. The van der Waals surface area contributed by atoms with Crippen LogP contribution in [0.1, 0.15) is 22.0 Å². The lowest BCUT2D eigenvalue weighted by atomic mass is 10.1. The number of hydrogen-bond donors (Lipinski definition) is 2. The number of phenols is 1. The topological polar surface area (TPSA) is 58.6 Å². The second-order valence-corrected chi connectivity index (χ2v) is 4.41. The van der Waals surface area contributed by atoms with E-state index in [1.54, 1.807) is 24.3 Å². The lowest BCUT2D eigenvalue weighted by Gasteiger charge is -2.17. The Morgan fingerprint density at radius 3 is 2.71 bits per heavy atom. The fraction of sp³-hybridized carbons (Fsp3) is 0.125. The highest BCUT2D eigenvalue weighted by Gasteiger charge is 2.18. The van der Waals surface area contributed by atoms with Crippen LogP contribution < -0.4 is 10.1 Å². The van der Waals surface area contributed by atoms with Crippen LogP contribution in [0.15, 0.2) is 42.5 Å². The van der Waals surface area contributed by atoms with Crippen molar-refractivity contribution in [2.45, 2.75) is 6.04 Å². The number of ether oxygens (including phenoxy) is 1. The number of nitrogens with one attached hydrogen (secondary N) is 1. The third-order valence-corrected chi connectivity index (χ3v) is 3.04. The van der Waals surface area contributed by atoms with Gasteiger partial charge in [-0.15, -0.1) is 0 Å². The highest BCUT2D eigenvalue weighted by atomic mass is 19.1. The Morgan fingerprint density at radius 1 is 1.29 bits per heavy atom. The molecule has 1 atom stereocenters. The maximum atomic E-state index is 13.7. The standard InChI is InChI=1S/C16H15FNO3/c1-10(11-6-3-4-9-14(11)21-2)18-16(20)12-7-5-8-13(19)15(12)17/h3-10,19H,1H2,2H3,(H,18,20). The zero-order valence-electron chi connectivity index (χ0n) is 11.5. The van der Waals surface area contributed by atoms with Crippen LogP contribution in [0.25, 0.3) is 0 Å². The molecule has 2 aromatic carbocycles. The number of carbonyl (C=O) groups excluding carboxylic acids is 1. The van der Waals surface area contributed by atoms with Crippen LogP contribution in [-0.2, 0) is 0 Å². The molecule has 2 rings (SSSR count). The summed E-state index contributed by atoms with van der Waals surface area (Å²) in [7, 11) is 1.52. The molecule has 0 aliphatic rings. The number of benzene rings is 2. The van der Waals surface area contributed by atoms with E-state index in [0.29, 0.717) is 11.3 Å². The molecule has 2 N–H and O–H groups in total. The molecule has 21 heavy (non-hydrogen) atoms. The second kappa shape index (κ2) is 6.26. The minimum atomic E-state index is -0.956. The first kappa shape index (κ1) is 14.8. The predicted molar refractivity (Wildman–Crippen MR) is 76.6 cm³/mol. The van der Waals surface area contributed by atoms with Crippen LogP contribution in [0.4, 0.5) is 4.39 Å². The summed E-state index contributed by atoms with van der Waals surface area (Å²) < 4.78 is 18.9. The van der Waals surface area contributed by atoms with E-state index in [1.807, 2.05) is 0 Å².